The Balaban J connectivity index is 1.74. The number of Topliss-reactive ketones (excluding diaryl/α,β-unsaturated/α-hetero) is 1. The van der Waals surface area contributed by atoms with Crippen LogP contribution in [0.1, 0.15) is 33.9 Å². The minimum Gasteiger partial charge on any atom is -0.507 e. The lowest BCUT2D eigenvalue weighted by Crippen LogP contribution is -2.29. The average Bonchev–Trinajstić information content (AvgIpc) is 3.38. The fraction of sp³-hybridized carbons (Fsp3) is 0.207. The van der Waals surface area contributed by atoms with E-state index in [2.05, 4.69) is 0 Å². The molecule has 1 unspecified atom stereocenters. The summed E-state index contributed by atoms with van der Waals surface area (Å²) in [5, 5.41) is 11.9. The third kappa shape index (κ3) is 3.95. The number of hydrogen-bond acceptors (Lipinski definition) is 6. The van der Waals surface area contributed by atoms with Crippen molar-refractivity contribution in [2.24, 2.45) is 0 Å². The monoisotopic (exact) mass is 497 g/mol. The third-order valence-electron chi connectivity index (χ3n) is 6.56. The molecule has 4 aromatic rings. The predicted octanol–water partition coefficient (Wildman–Crippen LogP) is 5.91. The van der Waals surface area contributed by atoms with E-state index in [-0.39, 0.29) is 11.3 Å². The van der Waals surface area contributed by atoms with Crippen molar-refractivity contribution in [3.05, 3.63) is 94.1 Å². The summed E-state index contributed by atoms with van der Waals surface area (Å²) in [5.41, 5.74) is 5.95. The van der Waals surface area contributed by atoms with Crippen LogP contribution in [0.5, 0.6) is 0 Å². The molecule has 0 aliphatic carbocycles. The summed E-state index contributed by atoms with van der Waals surface area (Å²) < 4.78 is 0.933. The molecule has 3 aromatic carbocycles. The molecule has 182 valence electrons. The zero-order valence-electron chi connectivity index (χ0n) is 20.9. The number of fused-ring (bicyclic) bond motifs is 1. The van der Waals surface area contributed by atoms with E-state index in [4.69, 9.17) is 4.98 Å². The number of rotatable bonds is 4. The van der Waals surface area contributed by atoms with E-state index in [1.54, 1.807) is 0 Å². The number of aryl methyl sites for hydroxylation is 3. The minimum absolute atomic E-state index is 0.0711. The van der Waals surface area contributed by atoms with Gasteiger partial charge in [0.15, 0.2) is 5.13 Å². The van der Waals surface area contributed by atoms with Crippen molar-refractivity contribution in [3.8, 4) is 0 Å². The van der Waals surface area contributed by atoms with Gasteiger partial charge in [0.2, 0.25) is 0 Å². The van der Waals surface area contributed by atoms with Gasteiger partial charge in [0, 0.05) is 25.3 Å². The first-order valence-electron chi connectivity index (χ1n) is 11.7. The molecule has 1 fully saturated rings. The fourth-order valence-corrected chi connectivity index (χ4v) is 5.65. The first-order valence-corrected chi connectivity index (χ1v) is 12.5. The highest BCUT2D eigenvalue weighted by atomic mass is 32.1. The largest absolute Gasteiger partial charge is 0.507 e. The number of aliphatic hydroxyl groups excluding tert-OH is 1. The number of benzene rings is 3. The Morgan fingerprint density at radius 1 is 0.944 bits per heavy atom. The van der Waals surface area contributed by atoms with Crippen molar-refractivity contribution in [1.82, 2.24) is 4.98 Å². The number of carbonyl (C=O) groups excluding carboxylic acids is 2. The molecule has 36 heavy (non-hydrogen) atoms. The molecule has 1 saturated heterocycles. The minimum atomic E-state index is -0.803. The maximum absolute atomic E-state index is 13.5. The van der Waals surface area contributed by atoms with E-state index in [0.717, 1.165) is 38.2 Å². The molecule has 0 spiro atoms. The molecule has 5 rings (SSSR count). The summed E-state index contributed by atoms with van der Waals surface area (Å²) in [7, 11) is 3.90. The van der Waals surface area contributed by atoms with E-state index in [0.29, 0.717) is 10.7 Å². The molecule has 1 aliphatic rings. The lowest BCUT2D eigenvalue weighted by atomic mass is 9.93. The molecule has 1 amide bonds. The van der Waals surface area contributed by atoms with Crippen LogP contribution in [0, 0.1) is 20.8 Å². The highest BCUT2D eigenvalue weighted by Crippen LogP contribution is 2.45. The molecule has 6 nitrogen and oxygen atoms in total. The Morgan fingerprint density at radius 2 is 1.61 bits per heavy atom. The number of aromatic nitrogens is 1. The quantitative estimate of drug-likeness (QED) is 0.215. The molecular weight excluding hydrogens is 470 g/mol. The Bertz CT molecular complexity index is 1550. The maximum atomic E-state index is 13.5. The number of thiazole rings is 1. The molecule has 2 heterocycles. The number of anilines is 2. The lowest BCUT2D eigenvalue weighted by molar-refractivity contribution is -0.132. The summed E-state index contributed by atoms with van der Waals surface area (Å²) in [6.07, 6.45) is 0. The van der Waals surface area contributed by atoms with Gasteiger partial charge in [-0.1, -0.05) is 47.2 Å². The number of aliphatic hydroxyl groups is 1. The molecular formula is C29H27N3O3S. The van der Waals surface area contributed by atoms with Crippen LogP contribution in [0.3, 0.4) is 0 Å². The Morgan fingerprint density at radius 3 is 2.31 bits per heavy atom. The number of amides is 1. The lowest BCUT2D eigenvalue weighted by Gasteiger charge is -2.24. The average molecular weight is 498 g/mol. The highest BCUT2D eigenvalue weighted by Gasteiger charge is 2.48. The van der Waals surface area contributed by atoms with Gasteiger partial charge in [-0.25, -0.2) is 4.98 Å². The summed E-state index contributed by atoms with van der Waals surface area (Å²) in [6.45, 7) is 5.80. The van der Waals surface area contributed by atoms with Crippen molar-refractivity contribution < 1.29 is 14.7 Å². The summed E-state index contributed by atoms with van der Waals surface area (Å²) in [5.74, 6) is -1.58. The molecule has 0 radical (unpaired) electrons. The molecule has 1 N–H and O–H groups in total. The van der Waals surface area contributed by atoms with Crippen molar-refractivity contribution in [2.75, 3.05) is 23.9 Å². The third-order valence-corrected chi connectivity index (χ3v) is 7.57. The Kier molecular flexibility index (Phi) is 5.88. The van der Waals surface area contributed by atoms with E-state index in [1.807, 2.05) is 100 Å². The first kappa shape index (κ1) is 23.8. The highest BCUT2D eigenvalue weighted by molar-refractivity contribution is 7.22. The normalized spacial score (nSPS) is 17.2. The van der Waals surface area contributed by atoms with Crippen LogP contribution in [-0.4, -0.2) is 35.9 Å². The van der Waals surface area contributed by atoms with Gasteiger partial charge in [-0.15, -0.1) is 0 Å². The van der Waals surface area contributed by atoms with Crippen molar-refractivity contribution >= 4 is 49.8 Å². The van der Waals surface area contributed by atoms with Gasteiger partial charge in [0.05, 0.1) is 21.8 Å². The van der Waals surface area contributed by atoms with E-state index >= 15 is 0 Å². The van der Waals surface area contributed by atoms with Gasteiger partial charge < -0.3 is 10.0 Å². The van der Waals surface area contributed by atoms with Crippen molar-refractivity contribution in [2.45, 2.75) is 26.8 Å². The Hall–Kier alpha value is -3.97. The van der Waals surface area contributed by atoms with Crippen molar-refractivity contribution in [3.63, 3.8) is 0 Å². The van der Waals surface area contributed by atoms with E-state index in [9.17, 15) is 14.7 Å². The first-order chi connectivity index (χ1) is 17.2. The van der Waals surface area contributed by atoms with Crippen LogP contribution < -0.4 is 9.80 Å². The van der Waals surface area contributed by atoms with Crippen LogP contribution in [0.2, 0.25) is 0 Å². The van der Waals surface area contributed by atoms with Crippen LogP contribution in [0.15, 0.2) is 66.2 Å². The van der Waals surface area contributed by atoms with Gasteiger partial charge in [0.25, 0.3) is 5.78 Å². The standard InChI is InChI=1S/C29H27N3O3S/c1-16-6-8-18(3)21(14-16)26(33)24-25(19-9-11-20(12-10-19)31(4)5)32(28(35)27(24)34)29-30-22-13-7-17(2)15-23(22)36-29/h6-15,25,33H,1-5H3. The zero-order valence-corrected chi connectivity index (χ0v) is 21.7. The smallest absolute Gasteiger partial charge is 0.301 e. The fourth-order valence-electron chi connectivity index (χ4n) is 4.56. The second-order valence-corrected chi connectivity index (χ2v) is 10.5. The molecule has 1 aliphatic heterocycles. The van der Waals surface area contributed by atoms with Gasteiger partial charge in [0.1, 0.15) is 5.76 Å². The number of carbonyl (C=O) groups is 2. The van der Waals surface area contributed by atoms with Gasteiger partial charge >= 0.3 is 5.91 Å². The van der Waals surface area contributed by atoms with Crippen molar-refractivity contribution in [1.29, 1.82) is 0 Å². The molecule has 0 bridgehead atoms. The van der Waals surface area contributed by atoms with Gasteiger partial charge in [-0.05, 0) is 67.8 Å². The second kappa shape index (κ2) is 8.91. The number of nitrogens with zero attached hydrogens (tertiary/aromatic N) is 3. The molecule has 1 atom stereocenters. The van der Waals surface area contributed by atoms with Crippen LogP contribution >= 0.6 is 11.3 Å². The molecule has 0 saturated carbocycles. The van der Waals surface area contributed by atoms with Gasteiger partial charge in [-0.2, -0.15) is 0 Å². The van der Waals surface area contributed by atoms with Crippen LogP contribution in [0.4, 0.5) is 10.8 Å². The van der Waals surface area contributed by atoms with Crippen LogP contribution in [0.25, 0.3) is 16.0 Å². The SMILES string of the molecule is Cc1ccc(C)c(C(O)=C2C(=O)C(=O)N(c3nc4ccc(C)cc4s3)C2c2ccc(N(C)C)cc2)c1. The van der Waals surface area contributed by atoms with Crippen LogP contribution in [-0.2, 0) is 9.59 Å². The number of ketones is 1. The summed E-state index contributed by atoms with van der Waals surface area (Å²) in [4.78, 5) is 35.1. The second-order valence-electron chi connectivity index (χ2n) is 9.44. The molecule has 7 heteroatoms. The molecule has 1 aromatic heterocycles. The Labute approximate surface area is 214 Å². The predicted molar refractivity (Wildman–Crippen MR) is 146 cm³/mol. The van der Waals surface area contributed by atoms with E-state index < -0.39 is 17.7 Å². The summed E-state index contributed by atoms with van der Waals surface area (Å²) in [6, 6.07) is 18.5. The summed E-state index contributed by atoms with van der Waals surface area (Å²) >= 11 is 1.37. The van der Waals surface area contributed by atoms with E-state index in [1.165, 1.54) is 16.2 Å². The zero-order chi connectivity index (χ0) is 25.7. The topological polar surface area (TPSA) is 73.7 Å². The maximum Gasteiger partial charge on any atom is 0.301 e. The van der Waals surface area contributed by atoms with Gasteiger partial charge in [-0.3, -0.25) is 14.5 Å². The number of hydrogen-bond donors (Lipinski definition) is 1.